The number of ketones is 1. The molecule has 0 heterocycles. The fourth-order valence-electron chi connectivity index (χ4n) is 1.64. The van der Waals surface area contributed by atoms with Gasteiger partial charge < -0.3 is 10.8 Å². The molecule has 0 spiro atoms. The Morgan fingerprint density at radius 2 is 1.83 bits per heavy atom. The quantitative estimate of drug-likeness (QED) is 0.645. The number of halogens is 1. The Balaban J connectivity index is 2.46. The zero-order chi connectivity index (χ0) is 13.3. The topological polar surface area (TPSA) is 63.3 Å². The second kappa shape index (κ2) is 4.70. The third-order valence-electron chi connectivity index (χ3n) is 2.69. The van der Waals surface area contributed by atoms with Crippen molar-refractivity contribution in [1.29, 1.82) is 0 Å². The Bertz CT molecular complexity index is 606. The number of rotatable bonds is 2. The summed E-state index contributed by atoms with van der Waals surface area (Å²) in [5, 5.41) is 10.2. The van der Waals surface area contributed by atoms with Crippen LogP contribution in [0.3, 0.4) is 0 Å². The molecule has 18 heavy (non-hydrogen) atoms. The molecule has 2 rings (SSSR count). The van der Waals surface area contributed by atoms with Gasteiger partial charge in [0.2, 0.25) is 0 Å². The van der Waals surface area contributed by atoms with Crippen LogP contribution in [-0.2, 0) is 0 Å². The summed E-state index contributed by atoms with van der Waals surface area (Å²) < 4.78 is 0. The number of aromatic hydroxyl groups is 1. The molecule has 0 atom stereocenters. The van der Waals surface area contributed by atoms with Crippen LogP contribution < -0.4 is 5.73 Å². The molecule has 0 fully saturated rings. The number of nitrogen functional groups attached to an aromatic ring is 1. The molecule has 0 radical (unpaired) electrons. The first-order valence-corrected chi connectivity index (χ1v) is 5.76. The Hall–Kier alpha value is -2.00. The SMILES string of the molecule is Cc1cc(O)c(C(=O)c2ccc(N)cc2)cc1Cl. The molecule has 0 unspecified atom stereocenters. The zero-order valence-corrected chi connectivity index (χ0v) is 10.5. The van der Waals surface area contributed by atoms with Gasteiger partial charge in [0.1, 0.15) is 5.75 Å². The van der Waals surface area contributed by atoms with Crippen LogP contribution >= 0.6 is 11.6 Å². The summed E-state index contributed by atoms with van der Waals surface area (Å²) in [4.78, 5) is 12.2. The average molecular weight is 262 g/mol. The number of carbonyl (C=O) groups excluding carboxylic acids is 1. The van der Waals surface area contributed by atoms with Crippen molar-refractivity contribution >= 4 is 23.1 Å². The molecule has 0 saturated heterocycles. The van der Waals surface area contributed by atoms with Crippen LogP contribution in [0.2, 0.25) is 5.02 Å². The van der Waals surface area contributed by atoms with Crippen molar-refractivity contribution in [1.82, 2.24) is 0 Å². The highest BCUT2D eigenvalue weighted by Crippen LogP contribution is 2.27. The number of nitrogens with two attached hydrogens (primary N) is 1. The van der Waals surface area contributed by atoms with Gasteiger partial charge in [0.05, 0.1) is 5.56 Å². The van der Waals surface area contributed by atoms with Crippen molar-refractivity contribution in [3.8, 4) is 5.75 Å². The van der Waals surface area contributed by atoms with Gasteiger partial charge >= 0.3 is 0 Å². The van der Waals surface area contributed by atoms with Gasteiger partial charge in [0.25, 0.3) is 0 Å². The Morgan fingerprint density at radius 1 is 1.22 bits per heavy atom. The van der Waals surface area contributed by atoms with Gasteiger partial charge in [-0.15, -0.1) is 0 Å². The van der Waals surface area contributed by atoms with Crippen molar-refractivity contribution in [2.45, 2.75) is 6.92 Å². The van der Waals surface area contributed by atoms with Crippen LogP contribution in [-0.4, -0.2) is 10.9 Å². The second-order valence-corrected chi connectivity index (χ2v) is 4.48. The van der Waals surface area contributed by atoms with E-state index in [0.29, 0.717) is 16.3 Å². The van der Waals surface area contributed by atoms with E-state index in [1.54, 1.807) is 31.2 Å². The zero-order valence-electron chi connectivity index (χ0n) is 9.77. The summed E-state index contributed by atoms with van der Waals surface area (Å²) in [6.07, 6.45) is 0. The highest BCUT2D eigenvalue weighted by Gasteiger charge is 2.15. The summed E-state index contributed by atoms with van der Waals surface area (Å²) in [5.41, 5.74) is 7.51. The number of benzene rings is 2. The molecular weight excluding hydrogens is 250 g/mol. The van der Waals surface area contributed by atoms with E-state index in [0.717, 1.165) is 5.56 Å². The minimum absolute atomic E-state index is 0.0706. The monoisotopic (exact) mass is 261 g/mol. The highest BCUT2D eigenvalue weighted by atomic mass is 35.5. The molecule has 0 aliphatic carbocycles. The fraction of sp³-hybridized carbons (Fsp3) is 0.0714. The lowest BCUT2D eigenvalue weighted by molar-refractivity contribution is 0.103. The summed E-state index contributed by atoms with van der Waals surface area (Å²) in [6, 6.07) is 9.47. The first-order chi connectivity index (χ1) is 8.49. The Labute approximate surface area is 110 Å². The van der Waals surface area contributed by atoms with E-state index in [2.05, 4.69) is 0 Å². The lowest BCUT2D eigenvalue weighted by Gasteiger charge is -2.07. The minimum Gasteiger partial charge on any atom is -0.507 e. The number of phenolic OH excluding ortho intramolecular Hbond substituents is 1. The third kappa shape index (κ3) is 2.31. The Kier molecular flexibility index (Phi) is 3.26. The van der Waals surface area contributed by atoms with E-state index < -0.39 is 0 Å². The van der Waals surface area contributed by atoms with Gasteiger partial charge in [-0.25, -0.2) is 0 Å². The second-order valence-electron chi connectivity index (χ2n) is 4.07. The smallest absolute Gasteiger partial charge is 0.196 e. The van der Waals surface area contributed by atoms with Crippen LogP contribution in [0.4, 0.5) is 5.69 Å². The first-order valence-electron chi connectivity index (χ1n) is 5.38. The third-order valence-corrected chi connectivity index (χ3v) is 3.10. The van der Waals surface area contributed by atoms with Crippen molar-refractivity contribution in [3.63, 3.8) is 0 Å². The van der Waals surface area contributed by atoms with E-state index in [-0.39, 0.29) is 17.1 Å². The maximum absolute atomic E-state index is 12.2. The lowest BCUT2D eigenvalue weighted by atomic mass is 10.0. The molecule has 92 valence electrons. The van der Waals surface area contributed by atoms with E-state index in [1.165, 1.54) is 12.1 Å². The molecule has 4 heteroatoms. The van der Waals surface area contributed by atoms with Gasteiger partial charge in [0.15, 0.2) is 5.78 Å². The van der Waals surface area contributed by atoms with E-state index in [1.807, 2.05) is 0 Å². The molecule has 0 bridgehead atoms. The summed E-state index contributed by atoms with van der Waals surface area (Å²) >= 11 is 5.96. The van der Waals surface area contributed by atoms with Crippen LogP contribution in [0.25, 0.3) is 0 Å². The van der Waals surface area contributed by atoms with Gasteiger partial charge in [-0.3, -0.25) is 4.79 Å². The molecule has 2 aromatic rings. The molecule has 0 aliphatic heterocycles. The molecule has 0 amide bonds. The maximum Gasteiger partial charge on any atom is 0.196 e. The molecule has 3 N–H and O–H groups in total. The van der Waals surface area contributed by atoms with E-state index in [4.69, 9.17) is 17.3 Å². The van der Waals surface area contributed by atoms with Gasteiger partial charge in [-0.2, -0.15) is 0 Å². The Morgan fingerprint density at radius 3 is 2.44 bits per heavy atom. The predicted molar refractivity (Wildman–Crippen MR) is 72.1 cm³/mol. The standard InChI is InChI=1S/C14H12ClNO2/c1-8-6-13(17)11(7-12(8)15)14(18)9-2-4-10(16)5-3-9/h2-7,17H,16H2,1H3. The average Bonchev–Trinajstić information content (AvgIpc) is 2.34. The summed E-state index contributed by atoms with van der Waals surface area (Å²) in [6.45, 7) is 1.76. The van der Waals surface area contributed by atoms with Gasteiger partial charge in [0, 0.05) is 16.3 Å². The number of carbonyl (C=O) groups is 1. The van der Waals surface area contributed by atoms with Crippen LogP contribution in [0.15, 0.2) is 36.4 Å². The number of hydrogen-bond donors (Lipinski definition) is 2. The lowest BCUT2D eigenvalue weighted by Crippen LogP contribution is -2.02. The maximum atomic E-state index is 12.2. The largest absolute Gasteiger partial charge is 0.507 e. The number of anilines is 1. The highest BCUT2D eigenvalue weighted by molar-refractivity contribution is 6.32. The fourth-order valence-corrected chi connectivity index (χ4v) is 1.80. The van der Waals surface area contributed by atoms with Gasteiger partial charge in [-0.1, -0.05) is 11.6 Å². The molecule has 2 aromatic carbocycles. The number of aryl methyl sites for hydroxylation is 1. The molecule has 3 nitrogen and oxygen atoms in total. The van der Waals surface area contributed by atoms with Crippen LogP contribution in [0.5, 0.6) is 5.75 Å². The first kappa shape index (κ1) is 12.5. The molecule has 0 aliphatic rings. The minimum atomic E-state index is -0.283. The van der Waals surface area contributed by atoms with Gasteiger partial charge in [-0.05, 0) is 48.9 Å². The van der Waals surface area contributed by atoms with Crippen LogP contribution in [0.1, 0.15) is 21.5 Å². The van der Waals surface area contributed by atoms with Crippen molar-refractivity contribution in [2.24, 2.45) is 0 Å². The van der Waals surface area contributed by atoms with E-state index in [9.17, 15) is 9.90 Å². The van der Waals surface area contributed by atoms with Crippen molar-refractivity contribution in [2.75, 3.05) is 5.73 Å². The molecular formula is C14H12ClNO2. The number of phenols is 1. The summed E-state index contributed by atoms with van der Waals surface area (Å²) in [5.74, 6) is -0.354. The van der Waals surface area contributed by atoms with Crippen LogP contribution in [0, 0.1) is 6.92 Å². The molecule has 0 saturated carbocycles. The van der Waals surface area contributed by atoms with Crippen molar-refractivity contribution < 1.29 is 9.90 Å². The number of hydrogen-bond acceptors (Lipinski definition) is 3. The normalized spacial score (nSPS) is 10.3. The molecule has 0 aromatic heterocycles. The van der Waals surface area contributed by atoms with Crippen molar-refractivity contribution in [3.05, 3.63) is 58.1 Å². The predicted octanol–water partition coefficient (Wildman–Crippen LogP) is 3.17. The van der Waals surface area contributed by atoms with E-state index >= 15 is 0 Å². The summed E-state index contributed by atoms with van der Waals surface area (Å²) in [7, 11) is 0.